The molecule has 1 amide bonds. The number of carbonyl (C=O) groups excluding carboxylic acids is 1. The van der Waals surface area contributed by atoms with Gasteiger partial charge in [0.2, 0.25) is 0 Å². The second kappa shape index (κ2) is 8.34. The molecule has 1 aromatic heterocycles. The minimum Gasteiger partial charge on any atom is -0.497 e. The molecule has 4 aromatic rings. The summed E-state index contributed by atoms with van der Waals surface area (Å²) in [4.78, 5) is 12.8. The predicted molar refractivity (Wildman–Crippen MR) is 112 cm³/mol. The molecule has 0 saturated carbocycles. The average molecular weight is 405 g/mol. The van der Waals surface area contributed by atoms with E-state index in [1.54, 1.807) is 43.6 Å². The number of aromatic nitrogens is 2. The normalized spacial score (nSPS) is 12.0. The quantitative estimate of drug-likeness (QED) is 0.455. The smallest absolute Gasteiger partial charge is 0.251 e. The van der Waals surface area contributed by atoms with E-state index >= 15 is 0 Å². The zero-order valence-corrected chi connectivity index (χ0v) is 16.2. The first-order valence-electron chi connectivity index (χ1n) is 9.37. The number of rotatable bonds is 6. The van der Waals surface area contributed by atoms with Gasteiger partial charge in [0.1, 0.15) is 11.6 Å². The molecule has 4 rings (SSSR count). The molecule has 0 saturated heterocycles. The number of ether oxygens (including phenoxy) is 1. The fourth-order valence-electron chi connectivity index (χ4n) is 3.34. The van der Waals surface area contributed by atoms with Crippen LogP contribution in [0.4, 0.5) is 4.39 Å². The summed E-state index contributed by atoms with van der Waals surface area (Å²) in [5, 5.41) is 20.3. The number of nitrogens with one attached hydrogen (secondary N) is 2. The molecule has 1 heterocycles. The van der Waals surface area contributed by atoms with Crippen LogP contribution in [0.15, 0.2) is 66.9 Å². The topological polar surface area (TPSA) is 87.2 Å². The van der Waals surface area contributed by atoms with Crippen LogP contribution >= 0.6 is 0 Å². The molecule has 0 radical (unpaired) electrons. The van der Waals surface area contributed by atoms with Gasteiger partial charge in [-0.3, -0.25) is 9.89 Å². The van der Waals surface area contributed by atoms with E-state index in [1.165, 1.54) is 12.1 Å². The first-order chi connectivity index (χ1) is 14.6. The number of methoxy groups -OCH3 is 1. The third-order valence-electron chi connectivity index (χ3n) is 4.92. The van der Waals surface area contributed by atoms with Gasteiger partial charge in [0.05, 0.1) is 31.5 Å². The lowest BCUT2D eigenvalue weighted by molar-refractivity contribution is 0.0915. The summed E-state index contributed by atoms with van der Waals surface area (Å²) in [5.41, 5.74) is 3.07. The number of hydrogen-bond donors (Lipinski definition) is 3. The SMILES string of the molecule is COc1cccc(C(CO)NC(=O)c2cc(F)cc(-c3ccc4[nH]ncc4c3)c2)c1. The Hall–Kier alpha value is -3.71. The fraction of sp³-hybridized carbons (Fsp3) is 0.130. The number of fused-ring (bicyclic) bond motifs is 1. The third-order valence-corrected chi connectivity index (χ3v) is 4.92. The van der Waals surface area contributed by atoms with E-state index in [0.29, 0.717) is 16.9 Å². The highest BCUT2D eigenvalue weighted by Crippen LogP contribution is 2.26. The van der Waals surface area contributed by atoms with E-state index in [-0.39, 0.29) is 12.2 Å². The van der Waals surface area contributed by atoms with Crippen molar-refractivity contribution in [2.24, 2.45) is 0 Å². The second-order valence-electron chi connectivity index (χ2n) is 6.89. The van der Waals surface area contributed by atoms with Gasteiger partial charge in [-0.05, 0) is 59.2 Å². The summed E-state index contributed by atoms with van der Waals surface area (Å²) in [7, 11) is 1.54. The Labute approximate surface area is 172 Å². The summed E-state index contributed by atoms with van der Waals surface area (Å²) >= 11 is 0. The molecule has 6 nitrogen and oxygen atoms in total. The first kappa shape index (κ1) is 19.6. The van der Waals surface area contributed by atoms with Crippen LogP contribution in [0, 0.1) is 5.82 Å². The molecular weight excluding hydrogens is 385 g/mol. The zero-order valence-electron chi connectivity index (χ0n) is 16.2. The van der Waals surface area contributed by atoms with Gasteiger partial charge in [-0.25, -0.2) is 4.39 Å². The summed E-state index contributed by atoms with van der Waals surface area (Å²) in [6, 6.07) is 16.2. The molecule has 7 heteroatoms. The van der Waals surface area contributed by atoms with E-state index < -0.39 is 17.8 Å². The Balaban J connectivity index is 1.62. The average Bonchev–Trinajstić information content (AvgIpc) is 3.24. The van der Waals surface area contributed by atoms with Crippen LogP contribution in [-0.2, 0) is 0 Å². The number of carbonyl (C=O) groups is 1. The van der Waals surface area contributed by atoms with E-state index in [9.17, 15) is 14.3 Å². The van der Waals surface area contributed by atoms with E-state index in [1.807, 2.05) is 18.2 Å². The van der Waals surface area contributed by atoms with E-state index in [4.69, 9.17) is 4.74 Å². The zero-order chi connectivity index (χ0) is 21.1. The van der Waals surface area contributed by atoms with Gasteiger partial charge in [0.15, 0.2) is 0 Å². The number of hydrogen-bond acceptors (Lipinski definition) is 4. The second-order valence-corrected chi connectivity index (χ2v) is 6.89. The number of nitrogens with zero attached hydrogens (tertiary/aromatic N) is 1. The maximum atomic E-state index is 14.3. The van der Waals surface area contributed by atoms with Crippen molar-refractivity contribution in [2.75, 3.05) is 13.7 Å². The molecule has 30 heavy (non-hydrogen) atoms. The Morgan fingerprint density at radius 2 is 2.03 bits per heavy atom. The van der Waals surface area contributed by atoms with Crippen LogP contribution < -0.4 is 10.1 Å². The van der Waals surface area contributed by atoms with Crippen molar-refractivity contribution in [3.63, 3.8) is 0 Å². The summed E-state index contributed by atoms with van der Waals surface area (Å²) < 4.78 is 19.5. The highest BCUT2D eigenvalue weighted by atomic mass is 19.1. The lowest BCUT2D eigenvalue weighted by Crippen LogP contribution is -2.30. The van der Waals surface area contributed by atoms with Crippen molar-refractivity contribution in [1.82, 2.24) is 15.5 Å². The van der Waals surface area contributed by atoms with Crippen LogP contribution in [0.1, 0.15) is 22.0 Å². The standard InChI is InChI=1S/C23H20FN3O3/c1-30-20-4-2-3-15(11-20)22(13-28)26-23(29)17-8-16(9-19(24)10-17)14-5-6-21-18(7-14)12-25-27-21/h2-12,22,28H,13H2,1H3,(H,25,27)(H,26,29). The molecule has 3 N–H and O–H groups in total. The molecule has 0 aliphatic rings. The molecule has 1 unspecified atom stereocenters. The molecule has 0 spiro atoms. The molecule has 152 valence electrons. The Morgan fingerprint density at radius 1 is 1.17 bits per heavy atom. The van der Waals surface area contributed by atoms with Gasteiger partial charge in [0.25, 0.3) is 5.91 Å². The van der Waals surface area contributed by atoms with Crippen LogP contribution in [0.3, 0.4) is 0 Å². The van der Waals surface area contributed by atoms with Crippen molar-refractivity contribution in [3.05, 3.63) is 83.8 Å². The monoisotopic (exact) mass is 405 g/mol. The van der Waals surface area contributed by atoms with E-state index in [2.05, 4.69) is 15.5 Å². The summed E-state index contributed by atoms with van der Waals surface area (Å²) in [6.45, 7) is -0.307. The van der Waals surface area contributed by atoms with Crippen LogP contribution in [0.25, 0.3) is 22.0 Å². The number of aromatic amines is 1. The summed E-state index contributed by atoms with van der Waals surface area (Å²) in [6.07, 6.45) is 1.69. The summed E-state index contributed by atoms with van der Waals surface area (Å²) in [5.74, 6) is -0.392. The molecule has 0 bridgehead atoms. The third kappa shape index (κ3) is 4.01. The van der Waals surface area contributed by atoms with Gasteiger partial charge in [0, 0.05) is 10.9 Å². The number of aliphatic hydroxyl groups is 1. The largest absolute Gasteiger partial charge is 0.497 e. The lowest BCUT2D eigenvalue weighted by Gasteiger charge is -2.18. The van der Waals surface area contributed by atoms with Crippen molar-refractivity contribution in [1.29, 1.82) is 0 Å². The van der Waals surface area contributed by atoms with Gasteiger partial charge in [-0.15, -0.1) is 0 Å². The van der Waals surface area contributed by atoms with Crippen molar-refractivity contribution in [3.8, 4) is 16.9 Å². The first-order valence-corrected chi connectivity index (χ1v) is 9.37. The highest BCUT2D eigenvalue weighted by molar-refractivity contribution is 5.96. The fourth-order valence-corrected chi connectivity index (χ4v) is 3.34. The Kier molecular flexibility index (Phi) is 5.45. The minimum atomic E-state index is -0.651. The van der Waals surface area contributed by atoms with Crippen LogP contribution in [0.5, 0.6) is 5.75 Å². The Bertz CT molecular complexity index is 1210. The van der Waals surface area contributed by atoms with Gasteiger partial charge in [-0.2, -0.15) is 5.10 Å². The molecule has 3 aromatic carbocycles. The molecular formula is C23H20FN3O3. The molecule has 0 aliphatic heterocycles. The van der Waals surface area contributed by atoms with Gasteiger partial charge >= 0.3 is 0 Å². The highest BCUT2D eigenvalue weighted by Gasteiger charge is 2.17. The number of halogens is 1. The number of H-pyrrole nitrogens is 1. The molecule has 0 aliphatic carbocycles. The van der Waals surface area contributed by atoms with Crippen LogP contribution in [0.2, 0.25) is 0 Å². The predicted octanol–water partition coefficient (Wildman–Crippen LogP) is 3.84. The molecule has 1 atom stereocenters. The van der Waals surface area contributed by atoms with Gasteiger partial charge < -0.3 is 15.2 Å². The maximum absolute atomic E-state index is 14.3. The van der Waals surface area contributed by atoms with Gasteiger partial charge in [-0.1, -0.05) is 18.2 Å². The Morgan fingerprint density at radius 3 is 2.83 bits per heavy atom. The maximum Gasteiger partial charge on any atom is 0.251 e. The lowest BCUT2D eigenvalue weighted by atomic mass is 10.0. The molecule has 0 fully saturated rings. The minimum absolute atomic E-state index is 0.165. The van der Waals surface area contributed by atoms with Crippen molar-refractivity contribution < 1.29 is 19.0 Å². The van der Waals surface area contributed by atoms with Crippen molar-refractivity contribution in [2.45, 2.75) is 6.04 Å². The van der Waals surface area contributed by atoms with Crippen LogP contribution in [-0.4, -0.2) is 34.9 Å². The number of benzene rings is 3. The van der Waals surface area contributed by atoms with Crippen molar-refractivity contribution >= 4 is 16.8 Å². The number of aliphatic hydroxyl groups excluding tert-OH is 1. The number of amides is 1. The van der Waals surface area contributed by atoms with E-state index in [0.717, 1.165) is 16.5 Å².